The number of nitrogens with one attached hydrogen (secondary N) is 2. The molecule has 1 unspecified atom stereocenters. The zero-order valence-electron chi connectivity index (χ0n) is 12.8. The molecule has 8 heteroatoms. The summed E-state index contributed by atoms with van der Waals surface area (Å²) in [6, 6.07) is 1.86. The molecule has 0 saturated carbocycles. The normalized spacial score (nSPS) is 16.5. The Bertz CT molecular complexity index is 842. The van der Waals surface area contributed by atoms with Crippen LogP contribution in [0, 0.1) is 6.92 Å². The van der Waals surface area contributed by atoms with Crippen molar-refractivity contribution in [3.05, 3.63) is 34.7 Å². The van der Waals surface area contributed by atoms with Gasteiger partial charge in [-0.3, -0.25) is 5.10 Å². The van der Waals surface area contributed by atoms with Gasteiger partial charge < -0.3 is 10.1 Å². The minimum atomic E-state index is 0.124. The first-order chi connectivity index (χ1) is 11.2. The van der Waals surface area contributed by atoms with Crippen LogP contribution in [-0.4, -0.2) is 38.4 Å². The predicted octanol–water partition coefficient (Wildman–Crippen LogP) is 2.49. The minimum Gasteiger partial charge on any atom is -0.381 e. The molecule has 0 radical (unpaired) electrons. The Morgan fingerprint density at radius 1 is 1.35 bits per heavy atom. The lowest BCUT2D eigenvalue weighted by Gasteiger charge is -2.11. The van der Waals surface area contributed by atoms with Gasteiger partial charge in [0.25, 0.3) is 0 Å². The number of thiazole rings is 1. The summed E-state index contributed by atoms with van der Waals surface area (Å²) >= 11 is 1.61. The maximum absolute atomic E-state index is 5.58. The van der Waals surface area contributed by atoms with Crippen molar-refractivity contribution in [1.82, 2.24) is 25.1 Å². The molecule has 0 aromatic carbocycles. The van der Waals surface area contributed by atoms with Crippen LogP contribution in [-0.2, 0) is 17.6 Å². The van der Waals surface area contributed by atoms with Crippen LogP contribution in [0.3, 0.4) is 0 Å². The van der Waals surface area contributed by atoms with Gasteiger partial charge in [-0.05, 0) is 13.0 Å². The Labute approximate surface area is 137 Å². The minimum absolute atomic E-state index is 0.124. The number of fused-ring (bicyclic) bond motifs is 3. The van der Waals surface area contributed by atoms with Crippen LogP contribution >= 0.6 is 11.3 Å². The van der Waals surface area contributed by atoms with Gasteiger partial charge in [0.1, 0.15) is 0 Å². The fourth-order valence-electron chi connectivity index (χ4n) is 2.70. The second kappa shape index (κ2) is 5.71. The smallest absolute Gasteiger partial charge is 0.229 e. The first kappa shape index (κ1) is 14.3. The van der Waals surface area contributed by atoms with Crippen molar-refractivity contribution < 1.29 is 4.74 Å². The van der Waals surface area contributed by atoms with E-state index in [9.17, 15) is 0 Å². The zero-order valence-corrected chi connectivity index (χ0v) is 13.6. The molecule has 4 rings (SSSR count). The standard InChI is InChI=1S/C15H16N6OS/c1-8-3-4-16-14(18-8)20-15-19-13-10-7-17-21-11(10)5-9(22-2)6-12(13)23-15/h3-4,7,9H,5-6H2,1-2H3,(H,17,21)(H,16,18,19,20). The summed E-state index contributed by atoms with van der Waals surface area (Å²) in [5.41, 5.74) is 4.00. The van der Waals surface area contributed by atoms with E-state index in [1.807, 2.05) is 19.2 Å². The number of aryl methyl sites for hydroxylation is 1. The van der Waals surface area contributed by atoms with E-state index in [0.717, 1.165) is 40.6 Å². The summed E-state index contributed by atoms with van der Waals surface area (Å²) in [7, 11) is 1.74. The molecule has 1 aliphatic carbocycles. The molecule has 0 spiro atoms. The molecule has 1 atom stereocenters. The Hall–Kier alpha value is -2.32. The number of nitrogens with zero attached hydrogens (tertiary/aromatic N) is 4. The highest BCUT2D eigenvalue weighted by atomic mass is 32.1. The molecule has 0 bridgehead atoms. The highest BCUT2D eigenvalue weighted by Gasteiger charge is 2.26. The van der Waals surface area contributed by atoms with E-state index in [1.54, 1.807) is 24.6 Å². The van der Waals surface area contributed by atoms with Gasteiger partial charge in [-0.1, -0.05) is 0 Å². The third kappa shape index (κ3) is 2.71. The van der Waals surface area contributed by atoms with Gasteiger partial charge in [0, 0.05) is 48.0 Å². The molecular formula is C15H16N6OS. The van der Waals surface area contributed by atoms with Crippen molar-refractivity contribution in [2.75, 3.05) is 12.4 Å². The summed E-state index contributed by atoms with van der Waals surface area (Å²) in [6.07, 6.45) is 5.34. The summed E-state index contributed by atoms with van der Waals surface area (Å²) < 4.78 is 5.58. The molecule has 0 aliphatic heterocycles. The molecule has 3 aromatic rings. The van der Waals surface area contributed by atoms with E-state index in [2.05, 4.69) is 25.5 Å². The van der Waals surface area contributed by atoms with E-state index >= 15 is 0 Å². The predicted molar refractivity (Wildman–Crippen MR) is 88.0 cm³/mol. The second-order valence-corrected chi connectivity index (χ2v) is 6.55. The largest absolute Gasteiger partial charge is 0.381 e. The van der Waals surface area contributed by atoms with Gasteiger partial charge in [-0.2, -0.15) is 5.10 Å². The molecule has 118 valence electrons. The van der Waals surface area contributed by atoms with Crippen molar-refractivity contribution in [2.45, 2.75) is 25.9 Å². The van der Waals surface area contributed by atoms with Crippen molar-refractivity contribution >= 4 is 22.4 Å². The highest BCUT2D eigenvalue weighted by molar-refractivity contribution is 7.16. The SMILES string of the molecule is COC1Cc2[nH]ncc2-c2nc(Nc3nccc(C)n3)sc2C1. The average molecular weight is 328 g/mol. The van der Waals surface area contributed by atoms with Crippen LogP contribution in [0.2, 0.25) is 0 Å². The number of hydrogen-bond donors (Lipinski definition) is 2. The molecule has 0 fully saturated rings. The number of aromatic nitrogens is 5. The van der Waals surface area contributed by atoms with Gasteiger partial charge in [0.15, 0.2) is 5.13 Å². The topological polar surface area (TPSA) is 88.6 Å². The zero-order chi connectivity index (χ0) is 15.8. The molecule has 2 N–H and O–H groups in total. The maximum atomic E-state index is 5.58. The molecule has 0 saturated heterocycles. The van der Waals surface area contributed by atoms with Gasteiger partial charge in [0.05, 0.1) is 18.0 Å². The Balaban J connectivity index is 1.71. The van der Waals surface area contributed by atoms with Crippen molar-refractivity contribution in [1.29, 1.82) is 0 Å². The first-order valence-corrected chi connectivity index (χ1v) is 8.16. The van der Waals surface area contributed by atoms with E-state index in [-0.39, 0.29) is 6.10 Å². The number of H-pyrrole nitrogens is 1. The van der Waals surface area contributed by atoms with E-state index in [4.69, 9.17) is 9.72 Å². The number of hydrogen-bond acceptors (Lipinski definition) is 7. The van der Waals surface area contributed by atoms with Crippen LogP contribution in [0.1, 0.15) is 16.3 Å². The Morgan fingerprint density at radius 3 is 3.09 bits per heavy atom. The van der Waals surface area contributed by atoms with Crippen LogP contribution in [0.5, 0.6) is 0 Å². The fourth-order valence-corrected chi connectivity index (χ4v) is 3.74. The molecule has 7 nitrogen and oxygen atoms in total. The number of ether oxygens (including phenoxy) is 1. The third-order valence-corrected chi connectivity index (χ3v) is 4.86. The average Bonchev–Trinajstić information content (AvgIpc) is 3.11. The Morgan fingerprint density at radius 2 is 2.26 bits per heavy atom. The maximum Gasteiger partial charge on any atom is 0.229 e. The molecular weight excluding hydrogens is 312 g/mol. The van der Waals surface area contributed by atoms with Crippen molar-refractivity contribution in [3.8, 4) is 11.3 Å². The fraction of sp³-hybridized carbons (Fsp3) is 0.333. The summed E-state index contributed by atoms with van der Waals surface area (Å²) in [6.45, 7) is 1.94. The molecule has 3 aromatic heterocycles. The number of methoxy groups -OCH3 is 1. The quantitative estimate of drug-likeness (QED) is 0.768. The van der Waals surface area contributed by atoms with Crippen molar-refractivity contribution in [2.24, 2.45) is 0 Å². The van der Waals surface area contributed by atoms with Crippen molar-refractivity contribution in [3.63, 3.8) is 0 Å². The monoisotopic (exact) mass is 328 g/mol. The third-order valence-electron chi connectivity index (χ3n) is 3.86. The second-order valence-electron chi connectivity index (χ2n) is 5.47. The summed E-state index contributed by atoms with van der Waals surface area (Å²) in [5, 5.41) is 11.2. The van der Waals surface area contributed by atoms with Crippen LogP contribution in [0.15, 0.2) is 18.5 Å². The van der Waals surface area contributed by atoms with Crippen LogP contribution in [0.25, 0.3) is 11.3 Å². The number of aromatic amines is 1. The van der Waals surface area contributed by atoms with E-state index < -0.39 is 0 Å². The lowest BCUT2D eigenvalue weighted by atomic mass is 10.1. The Kier molecular flexibility index (Phi) is 3.55. The van der Waals surface area contributed by atoms with Crippen LogP contribution < -0.4 is 5.32 Å². The van der Waals surface area contributed by atoms with Gasteiger partial charge in [-0.25, -0.2) is 15.0 Å². The first-order valence-electron chi connectivity index (χ1n) is 7.34. The van der Waals surface area contributed by atoms with E-state index in [0.29, 0.717) is 5.95 Å². The number of anilines is 2. The molecule has 1 aliphatic rings. The molecule has 3 heterocycles. The van der Waals surface area contributed by atoms with Gasteiger partial charge >= 0.3 is 0 Å². The van der Waals surface area contributed by atoms with Crippen LogP contribution in [0.4, 0.5) is 11.1 Å². The summed E-state index contributed by atoms with van der Waals surface area (Å²) in [4.78, 5) is 14.5. The van der Waals surface area contributed by atoms with E-state index in [1.165, 1.54) is 4.88 Å². The van der Waals surface area contributed by atoms with Gasteiger partial charge in [-0.15, -0.1) is 11.3 Å². The highest BCUT2D eigenvalue weighted by Crippen LogP contribution is 2.37. The lowest BCUT2D eigenvalue weighted by molar-refractivity contribution is 0.104. The molecule has 23 heavy (non-hydrogen) atoms. The van der Waals surface area contributed by atoms with Gasteiger partial charge in [0.2, 0.25) is 5.95 Å². The number of rotatable bonds is 3. The lowest BCUT2D eigenvalue weighted by Crippen LogP contribution is -2.15. The summed E-state index contributed by atoms with van der Waals surface area (Å²) in [5.74, 6) is 0.560. The molecule has 0 amide bonds.